The fourth-order valence-electron chi connectivity index (χ4n) is 4.46. The summed E-state index contributed by atoms with van der Waals surface area (Å²) in [4.78, 5) is 18.3. The van der Waals surface area contributed by atoms with Crippen molar-refractivity contribution >= 4 is 28.9 Å². The summed E-state index contributed by atoms with van der Waals surface area (Å²) < 4.78 is 20.2. The monoisotopic (exact) mass is 464 g/mol. The molecular weight excluding hydrogens is 439 g/mol. The first-order chi connectivity index (χ1) is 15.9. The number of phenols is 1. The molecule has 1 aromatic heterocycles. The lowest BCUT2D eigenvalue weighted by Gasteiger charge is -2.36. The van der Waals surface area contributed by atoms with Crippen LogP contribution >= 0.6 is 11.3 Å². The third-order valence-electron chi connectivity index (χ3n) is 6.33. The highest BCUT2D eigenvalue weighted by molar-refractivity contribution is 7.11. The van der Waals surface area contributed by atoms with E-state index in [1.165, 1.54) is 6.07 Å². The van der Waals surface area contributed by atoms with Gasteiger partial charge in [-0.3, -0.25) is 9.69 Å². The fraction of sp³-hybridized carbons (Fsp3) is 0.269. The van der Waals surface area contributed by atoms with Crippen molar-refractivity contribution in [1.82, 2.24) is 4.90 Å². The number of rotatable bonds is 4. The summed E-state index contributed by atoms with van der Waals surface area (Å²) in [5.74, 6) is 0.501. The van der Waals surface area contributed by atoms with E-state index in [0.29, 0.717) is 60.9 Å². The number of aryl methyl sites for hydroxylation is 2. The quantitative estimate of drug-likeness (QED) is 0.542. The van der Waals surface area contributed by atoms with Gasteiger partial charge in [0.25, 0.3) is 0 Å². The molecule has 0 atom stereocenters. The molecule has 0 amide bonds. The molecule has 1 N–H and O–H groups in total. The summed E-state index contributed by atoms with van der Waals surface area (Å²) in [6.45, 7) is 7.05. The number of allylic oxidation sites excluding steroid dienone is 1. The number of nitrogens with zero attached hydrogens (tertiary/aromatic N) is 2. The van der Waals surface area contributed by atoms with E-state index in [9.17, 15) is 14.3 Å². The number of ether oxygens (including phenoxy) is 1. The zero-order valence-corrected chi connectivity index (χ0v) is 19.4. The van der Waals surface area contributed by atoms with Gasteiger partial charge in [0.15, 0.2) is 5.76 Å². The Labute approximate surface area is 196 Å². The van der Waals surface area contributed by atoms with Crippen LogP contribution in [0.5, 0.6) is 11.5 Å². The molecule has 0 radical (unpaired) electrons. The first-order valence-electron chi connectivity index (χ1n) is 11.0. The van der Waals surface area contributed by atoms with Gasteiger partial charge < -0.3 is 14.7 Å². The van der Waals surface area contributed by atoms with E-state index < -0.39 is 0 Å². The lowest BCUT2D eigenvalue weighted by atomic mass is 9.99. The van der Waals surface area contributed by atoms with Gasteiger partial charge in [0.2, 0.25) is 5.78 Å². The van der Waals surface area contributed by atoms with E-state index in [4.69, 9.17) is 4.74 Å². The number of aromatic hydroxyl groups is 1. The highest BCUT2D eigenvalue weighted by Crippen LogP contribution is 2.42. The molecule has 2 aliphatic rings. The van der Waals surface area contributed by atoms with Crippen molar-refractivity contribution in [2.45, 2.75) is 20.4 Å². The summed E-state index contributed by atoms with van der Waals surface area (Å²) in [5, 5.41) is 12.7. The molecule has 0 unspecified atom stereocenters. The highest BCUT2D eigenvalue weighted by Gasteiger charge is 2.34. The first kappa shape index (κ1) is 21.7. The maximum atomic E-state index is 14.2. The second-order valence-corrected chi connectivity index (χ2v) is 9.47. The van der Waals surface area contributed by atoms with Gasteiger partial charge in [-0.15, -0.1) is 11.3 Å². The molecule has 3 heterocycles. The van der Waals surface area contributed by atoms with Crippen molar-refractivity contribution in [3.63, 3.8) is 0 Å². The van der Waals surface area contributed by atoms with Crippen LogP contribution in [0.3, 0.4) is 0 Å². The summed E-state index contributed by atoms with van der Waals surface area (Å²) in [5.41, 5.74) is 3.55. The SMILES string of the molecule is Cc1ccsc1/C=C1\Oc2c(CN3CCN(c4ccccc4F)CC3)c(O)cc(C)c2C1=O. The van der Waals surface area contributed by atoms with Gasteiger partial charge in [-0.25, -0.2) is 4.39 Å². The largest absolute Gasteiger partial charge is 0.507 e. The van der Waals surface area contributed by atoms with Gasteiger partial charge in [-0.05, 0) is 54.6 Å². The molecule has 33 heavy (non-hydrogen) atoms. The number of Topliss-reactive ketones (excluding diaryl/α,β-unsaturated/α-hetero) is 1. The minimum atomic E-state index is -0.216. The Morgan fingerprint density at radius 1 is 1.12 bits per heavy atom. The van der Waals surface area contributed by atoms with E-state index in [-0.39, 0.29) is 23.1 Å². The van der Waals surface area contributed by atoms with E-state index >= 15 is 0 Å². The van der Waals surface area contributed by atoms with Gasteiger partial charge in [0, 0.05) is 43.7 Å². The lowest BCUT2D eigenvalue weighted by Crippen LogP contribution is -2.46. The normalized spacial score (nSPS) is 17.5. The van der Waals surface area contributed by atoms with Crippen molar-refractivity contribution in [3.05, 3.63) is 80.5 Å². The van der Waals surface area contributed by atoms with Crippen molar-refractivity contribution in [1.29, 1.82) is 0 Å². The Balaban J connectivity index is 1.37. The Bertz CT molecular complexity index is 1260. The number of piperazine rings is 1. The van der Waals surface area contributed by atoms with Crippen molar-refractivity contribution in [3.8, 4) is 11.5 Å². The Morgan fingerprint density at radius 2 is 1.88 bits per heavy atom. The number of thiophene rings is 1. The summed E-state index contributed by atoms with van der Waals surface area (Å²) in [6, 6.07) is 10.5. The Hall–Kier alpha value is -3.16. The standard InChI is InChI=1S/C26H25FN2O3S/c1-16-7-12-33-23(16)14-22-25(31)24-17(2)13-21(30)18(26(24)32-22)15-28-8-10-29(11-9-28)20-6-4-3-5-19(20)27/h3-7,12-14,30H,8-11,15H2,1-2H3/b22-14-. The molecule has 170 valence electrons. The van der Waals surface area contributed by atoms with E-state index in [0.717, 1.165) is 10.4 Å². The van der Waals surface area contributed by atoms with Crippen LogP contribution < -0.4 is 9.64 Å². The van der Waals surface area contributed by atoms with E-state index in [2.05, 4.69) is 4.90 Å². The van der Waals surface area contributed by atoms with Gasteiger partial charge in [-0.2, -0.15) is 0 Å². The minimum Gasteiger partial charge on any atom is -0.507 e. The molecule has 5 nitrogen and oxygen atoms in total. The molecule has 5 rings (SSSR count). The van der Waals surface area contributed by atoms with Crippen LogP contribution in [0.15, 0.2) is 47.5 Å². The number of benzene rings is 2. The maximum absolute atomic E-state index is 14.2. The molecule has 0 saturated carbocycles. The van der Waals surface area contributed by atoms with Crippen LogP contribution in [0.25, 0.3) is 6.08 Å². The summed E-state index contributed by atoms with van der Waals surface area (Å²) in [7, 11) is 0. The number of ketones is 1. The number of para-hydroxylation sites is 1. The number of carbonyl (C=O) groups excluding carboxylic acids is 1. The minimum absolute atomic E-state index is 0.129. The molecule has 2 aromatic carbocycles. The molecule has 2 aliphatic heterocycles. The zero-order chi connectivity index (χ0) is 23.1. The van der Waals surface area contributed by atoms with Crippen molar-refractivity contribution in [2.75, 3.05) is 31.1 Å². The third-order valence-corrected chi connectivity index (χ3v) is 7.30. The first-order valence-corrected chi connectivity index (χ1v) is 11.9. The number of carbonyl (C=O) groups is 1. The number of halogens is 1. The van der Waals surface area contributed by atoms with Gasteiger partial charge in [0.1, 0.15) is 17.3 Å². The fourth-order valence-corrected chi connectivity index (χ4v) is 5.31. The van der Waals surface area contributed by atoms with Crippen LogP contribution in [-0.4, -0.2) is 42.0 Å². The number of phenolic OH excluding ortho intramolecular Hbond substituents is 1. The molecule has 7 heteroatoms. The predicted octanol–water partition coefficient (Wildman–Crippen LogP) is 5.15. The van der Waals surface area contributed by atoms with Crippen molar-refractivity contribution in [2.24, 2.45) is 0 Å². The van der Waals surface area contributed by atoms with Gasteiger partial charge in [-0.1, -0.05) is 12.1 Å². The van der Waals surface area contributed by atoms with Crippen molar-refractivity contribution < 1.29 is 19.0 Å². The van der Waals surface area contributed by atoms with Crippen LogP contribution in [0.2, 0.25) is 0 Å². The van der Waals surface area contributed by atoms with Crippen LogP contribution in [0, 0.1) is 19.7 Å². The summed E-state index contributed by atoms with van der Waals surface area (Å²) >= 11 is 1.56. The molecule has 0 bridgehead atoms. The molecule has 1 saturated heterocycles. The molecule has 3 aromatic rings. The smallest absolute Gasteiger partial charge is 0.232 e. The summed E-state index contributed by atoms with van der Waals surface area (Å²) in [6.07, 6.45) is 1.79. The molecule has 1 fully saturated rings. The number of fused-ring (bicyclic) bond motifs is 1. The maximum Gasteiger partial charge on any atom is 0.232 e. The third kappa shape index (κ3) is 4.03. The lowest BCUT2D eigenvalue weighted by molar-refractivity contribution is 0.101. The van der Waals surface area contributed by atoms with Gasteiger partial charge in [0.05, 0.1) is 16.8 Å². The number of hydrogen-bond acceptors (Lipinski definition) is 6. The predicted molar refractivity (Wildman–Crippen MR) is 129 cm³/mol. The topological polar surface area (TPSA) is 53.0 Å². The van der Waals surface area contributed by atoms with E-state index in [1.807, 2.05) is 36.3 Å². The Morgan fingerprint density at radius 3 is 2.58 bits per heavy atom. The van der Waals surface area contributed by atoms with Crippen LogP contribution in [0.4, 0.5) is 10.1 Å². The van der Waals surface area contributed by atoms with Crippen LogP contribution in [0.1, 0.15) is 31.9 Å². The second-order valence-electron chi connectivity index (χ2n) is 8.52. The Kier molecular flexibility index (Phi) is 5.68. The zero-order valence-electron chi connectivity index (χ0n) is 18.6. The number of hydrogen-bond donors (Lipinski definition) is 1. The average molecular weight is 465 g/mol. The average Bonchev–Trinajstić information content (AvgIpc) is 3.35. The molecule has 0 aliphatic carbocycles. The molecule has 0 spiro atoms. The second kappa shape index (κ2) is 8.65. The van der Waals surface area contributed by atoms with Gasteiger partial charge >= 0.3 is 0 Å². The molecular formula is C26H25FN2O3S. The number of anilines is 1. The highest BCUT2D eigenvalue weighted by atomic mass is 32.1. The van der Waals surface area contributed by atoms with E-state index in [1.54, 1.807) is 35.6 Å². The van der Waals surface area contributed by atoms with Crippen LogP contribution in [-0.2, 0) is 6.54 Å².